The van der Waals surface area contributed by atoms with Gasteiger partial charge in [-0.15, -0.1) is 11.3 Å². The topological polar surface area (TPSA) is 65.0 Å². The monoisotopic (exact) mass is 671 g/mol. The molecule has 0 aliphatic rings. The van der Waals surface area contributed by atoms with E-state index >= 15 is 0 Å². The Kier molecular flexibility index (Phi) is 6.05. The Hall–Kier alpha value is -6.63. The van der Waals surface area contributed by atoms with Gasteiger partial charge in [0.15, 0.2) is 17.5 Å². The van der Waals surface area contributed by atoms with Crippen molar-refractivity contribution in [2.45, 2.75) is 0 Å². The molecule has 0 amide bonds. The first-order valence-corrected chi connectivity index (χ1v) is 17.7. The van der Waals surface area contributed by atoms with Gasteiger partial charge < -0.3 is 8.83 Å². The molecule has 0 N–H and O–H groups in total. The van der Waals surface area contributed by atoms with Gasteiger partial charge in [0, 0.05) is 58.4 Å². The van der Waals surface area contributed by atoms with Crippen molar-refractivity contribution in [2.24, 2.45) is 0 Å². The fourth-order valence-electron chi connectivity index (χ4n) is 7.27. The predicted molar refractivity (Wildman–Crippen MR) is 209 cm³/mol. The number of fused-ring (bicyclic) bond motifs is 9. The van der Waals surface area contributed by atoms with Gasteiger partial charge in [-0.3, -0.25) is 0 Å². The van der Waals surface area contributed by atoms with Gasteiger partial charge in [-0.05, 0) is 65.7 Å². The second kappa shape index (κ2) is 10.9. The van der Waals surface area contributed by atoms with Gasteiger partial charge >= 0.3 is 0 Å². The minimum Gasteiger partial charge on any atom is -0.456 e. The maximum Gasteiger partial charge on any atom is 0.164 e. The van der Waals surface area contributed by atoms with Crippen LogP contribution in [0.3, 0.4) is 0 Å². The zero-order valence-corrected chi connectivity index (χ0v) is 27.8. The lowest BCUT2D eigenvalue weighted by atomic mass is 10.0. The highest BCUT2D eigenvalue weighted by atomic mass is 32.1. The van der Waals surface area contributed by atoms with Crippen molar-refractivity contribution < 1.29 is 8.83 Å². The molecule has 7 aromatic carbocycles. The van der Waals surface area contributed by atoms with Crippen molar-refractivity contribution >= 4 is 75.4 Å². The highest BCUT2D eigenvalue weighted by Gasteiger charge is 2.17. The molecule has 0 aliphatic carbocycles. The van der Waals surface area contributed by atoms with Crippen LogP contribution in [0, 0.1) is 0 Å². The van der Waals surface area contributed by atoms with Crippen molar-refractivity contribution in [1.29, 1.82) is 0 Å². The largest absolute Gasteiger partial charge is 0.456 e. The minimum absolute atomic E-state index is 0.579. The third-order valence-electron chi connectivity index (χ3n) is 9.75. The zero-order valence-electron chi connectivity index (χ0n) is 27.0. The second-order valence-corrected chi connectivity index (χ2v) is 13.8. The number of nitrogens with zero attached hydrogens (tertiary/aromatic N) is 3. The molecule has 0 spiro atoms. The van der Waals surface area contributed by atoms with E-state index < -0.39 is 0 Å². The number of thiophene rings is 1. The number of benzene rings is 7. The number of hydrogen-bond donors (Lipinski definition) is 0. The number of para-hydroxylation sites is 1. The quantitative estimate of drug-likeness (QED) is 0.186. The summed E-state index contributed by atoms with van der Waals surface area (Å²) < 4.78 is 15.2. The SMILES string of the molecule is c1ccc(-c2nc(-c3ccc4c(c3)oc3ccc(-c5cccc6c5sc5ccccc56)cc34)nc(-c3ccc4oc5ccccc5c4c3)n2)cc1. The van der Waals surface area contributed by atoms with Crippen LogP contribution in [0.25, 0.3) is 109 Å². The highest BCUT2D eigenvalue weighted by molar-refractivity contribution is 7.26. The van der Waals surface area contributed by atoms with Gasteiger partial charge in [0.1, 0.15) is 22.3 Å². The van der Waals surface area contributed by atoms with Crippen LogP contribution in [0.5, 0.6) is 0 Å². The molecule has 11 rings (SSSR count). The van der Waals surface area contributed by atoms with E-state index in [1.807, 2.05) is 78.1 Å². The average Bonchev–Trinajstić information content (AvgIpc) is 3.88. The van der Waals surface area contributed by atoms with E-state index in [1.54, 1.807) is 0 Å². The maximum atomic E-state index is 6.47. The Morgan fingerprint density at radius 1 is 0.353 bits per heavy atom. The molecule has 11 aromatic rings. The molecule has 0 saturated heterocycles. The van der Waals surface area contributed by atoms with Crippen LogP contribution in [0.2, 0.25) is 0 Å². The molecular formula is C45H25N3O2S. The second-order valence-electron chi connectivity index (χ2n) is 12.8. The summed E-state index contributed by atoms with van der Waals surface area (Å²) in [5.41, 5.74) is 8.38. The van der Waals surface area contributed by atoms with E-state index in [0.717, 1.165) is 60.6 Å². The smallest absolute Gasteiger partial charge is 0.164 e. The van der Waals surface area contributed by atoms with Crippen molar-refractivity contribution in [1.82, 2.24) is 15.0 Å². The van der Waals surface area contributed by atoms with Gasteiger partial charge in [-0.1, -0.05) is 97.1 Å². The van der Waals surface area contributed by atoms with Crippen LogP contribution < -0.4 is 0 Å². The Morgan fingerprint density at radius 3 is 1.75 bits per heavy atom. The van der Waals surface area contributed by atoms with Gasteiger partial charge in [0.05, 0.1) is 0 Å². The lowest BCUT2D eigenvalue weighted by molar-refractivity contribution is 0.668. The van der Waals surface area contributed by atoms with Gasteiger partial charge in [-0.25, -0.2) is 15.0 Å². The molecular weight excluding hydrogens is 647 g/mol. The molecule has 0 aliphatic heterocycles. The van der Waals surface area contributed by atoms with Crippen LogP contribution >= 0.6 is 11.3 Å². The summed E-state index contributed by atoms with van der Waals surface area (Å²) in [6.07, 6.45) is 0. The van der Waals surface area contributed by atoms with Crippen molar-refractivity contribution in [3.8, 4) is 45.3 Å². The minimum atomic E-state index is 0.579. The van der Waals surface area contributed by atoms with E-state index in [9.17, 15) is 0 Å². The molecule has 4 aromatic heterocycles. The normalized spacial score (nSPS) is 11.9. The Balaban J connectivity index is 1.05. The first-order valence-electron chi connectivity index (χ1n) is 16.8. The molecule has 0 saturated carbocycles. The first-order chi connectivity index (χ1) is 25.2. The fourth-order valence-corrected chi connectivity index (χ4v) is 8.51. The third kappa shape index (κ3) is 4.50. The number of rotatable bonds is 4. The average molecular weight is 672 g/mol. The number of hydrogen-bond acceptors (Lipinski definition) is 6. The summed E-state index contributed by atoms with van der Waals surface area (Å²) in [6.45, 7) is 0. The summed E-state index contributed by atoms with van der Waals surface area (Å²) in [5.74, 6) is 1.78. The van der Waals surface area contributed by atoms with Crippen LogP contribution in [-0.4, -0.2) is 15.0 Å². The van der Waals surface area contributed by atoms with Crippen molar-refractivity contribution in [3.05, 3.63) is 152 Å². The lowest BCUT2D eigenvalue weighted by Crippen LogP contribution is -2.00. The van der Waals surface area contributed by atoms with Crippen LogP contribution in [0.4, 0.5) is 0 Å². The number of aromatic nitrogens is 3. The molecule has 0 fully saturated rings. The van der Waals surface area contributed by atoms with Crippen LogP contribution in [-0.2, 0) is 0 Å². The zero-order chi connectivity index (χ0) is 33.5. The van der Waals surface area contributed by atoms with Gasteiger partial charge in [0.2, 0.25) is 0 Å². The molecule has 0 radical (unpaired) electrons. The van der Waals surface area contributed by atoms with Gasteiger partial charge in [0.25, 0.3) is 0 Å². The third-order valence-corrected chi connectivity index (χ3v) is 11.0. The highest BCUT2D eigenvalue weighted by Crippen LogP contribution is 2.42. The lowest BCUT2D eigenvalue weighted by Gasteiger charge is -2.08. The van der Waals surface area contributed by atoms with Crippen molar-refractivity contribution in [2.75, 3.05) is 0 Å². The fraction of sp³-hybridized carbons (Fsp3) is 0. The molecule has 5 nitrogen and oxygen atoms in total. The predicted octanol–water partition coefficient (Wildman–Crippen LogP) is 12.7. The molecule has 238 valence electrons. The van der Waals surface area contributed by atoms with Crippen LogP contribution in [0.15, 0.2) is 160 Å². The van der Waals surface area contributed by atoms with E-state index in [1.165, 1.54) is 31.3 Å². The summed E-state index contributed by atoms with van der Waals surface area (Å²) in [6, 6.07) is 52.2. The first kappa shape index (κ1) is 28.2. The maximum absolute atomic E-state index is 6.47. The Bertz CT molecular complexity index is 3160. The molecule has 0 atom stereocenters. The number of furan rings is 2. The summed E-state index contributed by atoms with van der Waals surface area (Å²) >= 11 is 1.85. The van der Waals surface area contributed by atoms with E-state index in [-0.39, 0.29) is 0 Å². The molecule has 0 bridgehead atoms. The summed E-state index contributed by atoms with van der Waals surface area (Å²) in [5, 5.41) is 6.81. The molecule has 51 heavy (non-hydrogen) atoms. The molecule has 0 unspecified atom stereocenters. The molecule has 4 heterocycles. The Labute approximate surface area is 295 Å². The van der Waals surface area contributed by atoms with Crippen molar-refractivity contribution in [3.63, 3.8) is 0 Å². The Morgan fingerprint density at radius 2 is 0.922 bits per heavy atom. The summed E-state index contributed by atoms with van der Waals surface area (Å²) in [7, 11) is 0. The van der Waals surface area contributed by atoms with Gasteiger partial charge in [-0.2, -0.15) is 0 Å². The van der Waals surface area contributed by atoms with E-state index in [2.05, 4.69) is 84.9 Å². The van der Waals surface area contributed by atoms with Crippen LogP contribution in [0.1, 0.15) is 0 Å². The standard InChI is InChI=1S/C45H25N3O2S/c1-2-9-26(10-3-1)43-46-44(28-19-22-38-36(24-28)31-11-4-6-15-37(31)49-38)48-45(47-43)29-17-20-32-35-23-27(18-21-39(35)50-40(32)25-29)30-13-8-14-34-33-12-5-7-16-41(33)51-42(30)34/h1-25H. The summed E-state index contributed by atoms with van der Waals surface area (Å²) in [4.78, 5) is 15.0. The van der Waals surface area contributed by atoms with E-state index in [0.29, 0.717) is 17.5 Å². The molecule has 6 heteroatoms. The van der Waals surface area contributed by atoms with E-state index in [4.69, 9.17) is 23.8 Å².